The Morgan fingerprint density at radius 3 is 2.62 bits per heavy atom. The molecule has 1 aliphatic heterocycles. The highest BCUT2D eigenvalue weighted by atomic mass is 16.5. The lowest BCUT2D eigenvalue weighted by atomic mass is 9.93. The molecule has 0 radical (unpaired) electrons. The van der Waals surface area contributed by atoms with Crippen LogP contribution in [-0.2, 0) is 4.74 Å². The van der Waals surface area contributed by atoms with Crippen molar-refractivity contribution in [2.75, 3.05) is 30.9 Å². The molecule has 0 aliphatic carbocycles. The quantitative estimate of drug-likeness (QED) is 0.870. The minimum atomic E-state index is -0.0587. The van der Waals surface area contributed by atoms with E-state index < -0.39 is 0 Å². The Kier molecular flexibility index (Phi) is 3.70. The molecule has 0 atom stereocenters. The molecule has 2 aromatic rings. The van der Waals surface area contributed by atoms with Crippen molar-refractivity contribution in [3.8, 4) is 5.95 Å². The summed E-state index contributed by atoms with van der Waals surface area (Å²) in [5.41, 5.74) is -0.0587. The summed E-state index contributed by atoms with van der Waals surface area (Å²) in [5, 5.41) is 6.38. The van der Waals surface area contributed by atoms with Crippen molar-refractivity contribution in [3.63, 3.8) is 0 Å². The maximum absolute atomic E-state index is 5.41. The van der Waals surface area contributed by atoms with E-state index in [4.69, 9.17) is 4.74 Å². The lowest BCUT2D eigenvalue weighted by Gasteiger charge is -2.34. The molecule has 2 N–H and O–H groups in total. The number of anilines is 2. The van der Waals surface area contributed by atoms with Gasteiger partial charge in [-0.25, -0.2) is 4.98 Å². The van der Waals surface area contributed by atoms with Crippen LogP contribution in [0.5, 0.6) is 0 Å². The first-order chi connectivity index (χ1) is 10.2. The fourth-order valence-corrected chi connectivity index (χ4v) is 2.24. The Labute approximate surface area is 123 Å². The Morgan fingerprint density at radius 1 is 1.19 bits per heavy atom. The van der Waals surface area contributed by atoms with Crippen molar-refractivity contribution >= 4 is 11.9 Å². The van der Waals surface area contributed by atoms with E-state index in [2.05, 4.69) is 37.5 Å². The predicted molar refractivity (Wildman–Crippen MR) is 78.6 cm³/mol. The maximum atomic E-state index is 5.41. The van der Waals surface area contributed by atoms with E-state index in [1.54, 1.807) is 30.3 Å². The highest BCUT2D eigenvalue weighted by molar-refractivity contribution is 5.39. The normalized spacial score (nSPS) is 17.4. The van der Waals surface area contributed by atoms with Gasteiger partial charge in [0.2, 0.25) is 17.8 Å². The highest BCUT2D eigenvalue weighted by Gasteiger charge is 2.28. The van der Waals surface area contributed by atoms with Gasteiger partial charge in [-0.1, -0.05) is 0 Å². The molecule has 1 aliphatic rings. The maximum Gasteiger partial charge on any atom is 0.241 e. The van der Waals surface area contributed by atoms with Gasteiger partial charge < -0.3 is 15.4 Å². The number of hydrogen-bond donors (Lipinski definition) is 2. The van der Waals surface area contributed by atoms with Crippen LogP contribution in [0.3, 0.4) is 0 Å². The van der Waals surface area contributed by atoms with E-state index in [1.807, 2.05) is 0 Å². The van der Waals surface area contributed by atoms with Crippen molar-refractivity contribution in [1.82, 2.24) is 24.5 Å². The zero-order chi connectivity index (χ0) is 14.7. The molecule has 1 fully saturated rings. The van der Waals surface area contributed by atoms with Crippen LogP contribution in [0.15, 0.2) is 18.7 Å². The van der Waals surface area contributed by atoms with Gasteiger partial charge in [-0.05, 0) is 19.8 Å². The monoisotopic (exact) mass is 289 g/mol. The summed E-state index contributed by atoms with van der Waals surface area (Å²) in [6.07, 6.45) is 7.00. The molecule has 1 saturated heterocycles. The summed E-state index contributed by atoms with van der Waals surface area (Å²) < 4.78 is 7.16. The Bertz CT molecular complexity index is 593. The first-order valence-electron chi connectivity index (χ1n) is 6.97. The number of nitrogens with one attached hydrogen (secondary N) is 2. The number of aromatic nitrogens is 5. The average molecular weight is 289 g/mol. The Morgan fingerprint density at radius 2 is 1.95 bits per heavy atom. The van der Waals surface area contributed by atoms with Crippen LogP contribution >= 0.6 is 0 Å². The zero-order valence-corrected chi connectivity index (χ0v) is 12.2. The summed E-state index contributed by atoms with van der Waals surface area (Å²) in [7, 11) is 1.78. The van der Waals surface area contributed by atoms with E-state index in [1.165, 1.54) is 0 Å². The largest absolute Gasteiger partial charge is 0.381 e. The molecular formula is C13H19N7O. The van der Waals surface area contributed by atoms with Gasteiger partial charge in [0.1, 0.15) is 6.33 Å². The number of ether oxygens (including phenoxy) is 1. The van der Waals surface area contributed by atoms with Gasteiger partial charge in [0.15, 0.2) is 0 Å². The standard InChI is InChI=1S/C13H19N7O/c1-13(3-7-21-8-4-13)19-11-16-10(14-2)17-12(18-11)20-6-5-15-9-20/h5-6,9H,3-4,7-8H2,1-2H3,(H2,14,16,17,18,19). The molecule has 2 aromatic heterocycles. The molecule has 8 nitrogen and oxygen atoms in total. The van der Waals surface area contributed by atoms with Gasteiger partial charge >= 0.3 is 0 Å². The molecule has 3 rings (SSSR count). The second kappa shape index (κ2) is 5.65. The summed E-state index contributed by atoms with van der Waals surface area (Å²) in [4.78, 5) is 17.2. The predicted octanol–water partition coefficient (Wildman–Crippen LogP) is 1.08. The third-order valence-corrected chi connectivity index (χ3v) is 3.59. The molecule has 0 aromatic carbocycles. The third-order valence-electron chi connectivity index (χ3n) is 3.59. The molecule has 112 valence electrons. The Balaban J connectivity index is 1.89. The van der Waals surface area contributed by atoms with Crippen molar-refractivity contribution in [1.29, 1.82) is 0 Å². The fraction of sp³-hybridized carbons (Fsp3) is 0.538. The minimum Gasteiger partial charge on any atom is -0.381 e. The van der Waals surface area contributed by atoms with E-state index >= 15 is 0 Å². The molecule has 3 heterocycles. The second-order valence-electron chi connectivity index (χ2n) is 5.30. The summed E-state index contributed by atoms with van der Waals surface area (Å²) in [6.45, 7) is 3.67. The van der Waals surface area contributed by atoms with Gasteiger partial charge in [-0.2, -0.15) is 15.0 Å². The van der Waals surface area contributed by atoms with Crippen LogP contribution in [0.4, 0.5) is 11.9 Å². The third kappa shape index (κ3) is 3.10. The van der Waals surface area contributed by atoms with Gasteiger partial charge in [-0.15, -0.1) is 0 Å². The molecule has 21 heavy (non-hydrogen) atoms. The van der Waals surface area contributed by atoms with Crippen molar-refractivity contribution in [2.24, 2.45) is 0 Å². The van der Waals surface area contributed by atoms with E-state index in [0.29, 0.717) is 17.8 Å². The van der Waals surface area contributed by atoms with Crippen molar-refractivity contribution in [2.45, 2.75) is 25.3 Å². The first kappa shape index (κ1) is 13.7. The summed E-state index contributed by atoms with van der Waals surface area (Å²) >= 11 is 0. The van der Waals surface area contributed by atoms with E-state index in [9.17, 15) is 0 Å². The SMILES string of the molecule is CNc1nc(NC2(C)CCOCC2)nc(-n2ccnc2)n1. The lowest BCUT2D eigenvalue weighted by molar-refractivity contribution is 0.0656. The van der Waals surface area contributed by atoms with Gasteiger partial charge in [0.25, 0.3) is 0 Å². The first-order valence-corrected chi connectivity index (χ1v) is 6.97. The lowest BCUT2D eigenvalue weighted by Crippen LogP contribution is -2.41. The van der Waals surface area contributed by atoms with Gasteiger partial charge in [0, 0.05) is 38.2 Å². The molecular weight excluding hydrogens is 270 g/mol. The van der Waals surface area contributed by atoms with Crippen molar-refractivity contribution < 1.29 is 4.74 Å². The van der Waals surface area contributed by atoms with Crippen LogP contribution in [0.1, 0.15) is 19.8 Å². The average Bonchev–Trinajstić information content (AvgIpc) is 3.01. The van der Waals surface area contributed by atoms with Crippen LogP contribution < -0.4 is 10.6 Å². The second-order valence-corrected chi connectivity index (χ2v) is 5.30. The van der Waals surface area contributed by atoms with Gasteiger partial charge in [0.05, 0.1) is 0 Å². The number of nitrogens with zero attached hydrogens (tertiary/aromatic N) is 5. The molecule has 0 spiro atoms. The fourth-order valence-electron chi connectivity index (χ4n) is 2.24. The zero-order valence-electron chi connectivity index (χ0n) is 12.2. The molecule has 0 unspecified atom stereocenters. The number of imidazole rings is 1. The molecule has 0 saturated carbocycles. The van der Waals surface area contributed by atoms with E-state index in [-0.39, 0.29) is 5.54 Å². The smallest absolute Gasteiger partial charge is 0.241 e. The highest BCUT2D eigenvalue weighted by Crippen LogP contribution is 2.24. The van der Waals surface area contributed by atoms with Crippen LogP contribution in [-0.4, -0.2) is 50.3 Å². The Hall–Kier alpha value is -2.22. The molecule has 0 amide bonds. The summed E-state index contributed by atoms with van der Waals surface area (Å²) in [6, 6.07) is 0. The molecule has 0 bridgehead atoms. The van der Waals surface area contributed by atoms with Gasteiger partial charge in [-0.3, -0.25) is 4.57 Å². The minimum absolute atomic E-state index is 0.0587. The summed E-state index contributed by atoms with van der Waals surface area (Å²) in [5.74, 6) is 1.61. The van der Waals surface area contributed by atoms with Crippen LogP contribution in [0.2, 0.25) is 0 Å². The number of rotatable bonds is 4. The topological polar surface area (TPSA) is 89.8 Å². The number of hydrogen-bond acceptors (Lipinski definition) is 7. The van der Waals surface area contributed by atoms with E-state index in [0.717, 1.165) is 26.1 Å². The van der Waals surface area contributed by atoms with Crippen molar-refractivity contribution in [3.05, 3.63) is 18.7 Å². The van der Waals surface area contributed by atoms with Crippen LogP contribution in [0.25, 0.3) is 5.95 Å². The molecule has 8 heteroatoms. The van der Waals surface area contributed by atoms with Crippen LogP contribution in [0, 0.1) is 0 Å².